The van der Waals surface area contributed by atoms with Crippen molar-refractivity contribution >= 4 is 5.91 Å². The van der Waals surface area contributed by atoms with E-state index >= 15 is 0 Å². The quantitative estimate of drug-likeness (QED) is 0.759. The lowest BCUT2D eigenvalue weighted by atomic mass is 9.73. The maximum Gasteiger partial charge on any atom is 0.229 e. The lowest BCUT2D eigenvalue weighted by molar-refractivity contribution is -0.133. The van der Waals surface area contributed by atoms with E-state index in [2.05, 4.69) is 19.0 Å². The van der Waals surface area contributed by atoms with Crippen LogP contribution in [0.5, 0.6) is 0 Å². The molecular weight excluding hydrogens is 342 g/mol. The summed E-state index contributed by atoms with van der Waals surface area (Å²) in [5.41, 5.74) is -0.0112. The molecule has 3 aliphatic rings. The van der Waals surface area contributed by atoms with Gasteiger partial charge in [-0.25, -0.2) is 0 Å². The standard InChI is InChI=1S/C21H33N3O3/c1-15(2)13-18(25)24-9-7-21(8-10-24,14-16-3-4-16)20-22-19(27-23-20)17-5-11-26-12-6-17/h15-17H,3-14H2,1-2H3. The van der Waals surface area contributed by atoms with Gasteiger partial charge in [-0.05, 0) is 43.9 Å². The number of hydrogen-bond acceptors (Lipinski definition) is 5. The number of carbonyl (C=O) groups is 1. The van der Waals surface area contributed by atoms with Crippen molar-refractivity contribution in [1.29, 1.82) is 0 Å². The first-order valence-corrected chi connectivity index (χ1v) is 10.8. The van der Waals surface area contributed by atoms with Gasteiger partial charge in [0.1, 0.15) is 0 Å². The van der Waals surface area contributed by atoms with Crippen molar-refractivity contribution < 1.29 is 14.1 Å². The van der Waals surface area contributed by atoms with E-state index in [1.165, 1.54) is 12.8 Å². The molecule has 0 spiro atoms. The summed E-state index contributed by atoms with van der Waals surface area (Å²) in [6.07, 6.45) is 8.28. The van der Waals surface area contributed by atoms with Crippen molar-refractivity contribution in [2.75, 3.05) is 26.3 Å². The van der Waals surface area contributed by atoms with Gasteiger partial charge in [-0.15, -0.1) is 0 Å². The van der Waals surface area contributed by atoms with E-state index in [0.717, 1.165) is 76.0 Å². The number of aromatic nitrogens is 2. The minimum Gasteiger partial charge on any atom is -0.381 e. The van der Waals surface area contributed by atoms with Gasteiger partial charge in [0.25, 0.3) is 0 Å². The summed E-state index contributed by atoms with van der Waals surface area (Å²) in [5, 5.41) is 4.46. The molecule has 1 aliphatic carbocycles. The monoisotopic (exact) mass is 375 g/mol. The van der Waals surface area contributed by atoms with Crippen LogP contribution >= 0.6 is 0 Å². The van der Waals surface area contributed by atoms with Crippen LogP contribution in [0.1, 0.15) is 82.8 Å². The van der Waals surface area contributed by atoms with Gasteiger partial charge in [-0.2, -0.15) is 4.98 Å². The van der Waals surface area contributed by atoms with E-state index < -0.39 is 0 Å². The van der Waals surface area contributed by atoms with Gasteiger partial charge >= 0.3 is 0 Å². The van der Waals surface area contributed by atoms with Crippen molar-refractivity contribution in [1.82, 2.24) is 15.0 Å². The molecule has 0 aromatic carbocycles. The fourth-order valence-electron chi connectivity index (χ4n) is 4.62. The maximum absolute atomic E-state index is 12.5. The largest absolute Gasteiger partial charge is 0.381 e. The Kier molecular flexibility index (Phi) is 5.53. The Balaban J connectivity index is 1.47. The van der Waals surface area contributed by atoms with Crippen molar-refractivity contribution in [3.8, 4) is 0 Å². The lowest BCUT2D eigenvalue weighted by Gasteiger charge is -2.40. The zero-order valence-corrected chi connectivity index (χ0v) is 16.8. The van der Waals surface area contributed by atoms with Crippen LogP contribution in [0, 0.1) is 11.8 Å². The van der Waals surface area contributed by atoms with Crippen LogP contribution in [0.3, 0.4) is 0 Å². The molecule has 1 saturated carbocycles. The predicted octanol–water partition coefficient (Wildman–Crippen LogP) is 3.67. The predicted molar refractivity (Wildman–Crippen MR) is 101 cm³/mol. The molecule has 3 heterocycles. The molecule has 6 heteroatoms. The average Bonchev–Trinajstić information content (AvgIpc) is 3.33. The highest BCUT2D eigenvalue weighted by molar-refractivity contribution is 5.76. The van der Waals surface area contributed by atoms with Crippen LogP contribution in [0.2, 0.25) is 0 Å². The summed E-state index contributed by atoms with van der Waals surface area (Å²) in [5.74, 6) is 3.53. The molecule has 4 rings (SSSR count). The smallest absolute Gasteiger partial charge is 0.229 e. The Hall–Kier alpha value is -1.43. The molecule has 1 aromatic heterocycles. The number of nitrogens with zero attached hydrogens (tertiary/aromatic N) is 3. The Bertz CT molecular complexity index is 639. The van der Waals surface area contributed by atoms with Gasteiger partial charge in [-0.3, -0.25) is 4.79 Å². The number of ether oxygens (including phenoxy) is 1. The Morgan fingerprint density at radius 1 is 1.19 bits per heavy atom. The SMILES string of the molecule is CC(C)CC(=O)N1CCC(CC2CC2)(c2noc(C3CCOCC3)n2)CC1. The molecule has 2 aliphatic heterocycles. The average molecular weight is 376 g/mol. The molecular formula is C21H33N3O3. The molecule has 0 radical (unpaired) electrons. The highest BCUT2D eigenvalue weighted by Gasteiger charge is 2.45. The van der Waals surface area contributed by atoms with Gasteiger partial charge in [0.2, 0.25) is 11.8 Å². The van der Waals surface area contributed by atoms with E-state index in [0.29, 0.717) is 24.2 Å². The number of piperidine rings is 1. The third kappa shape index (κ3) is 4.36. The first-order valence-electron chi connectivity index (χ1n) is 10.8. The molecule has 1 aromatic rings. The molecule has 0 bridgehead atoms. The molecule has 0 unspecified atom stereocenters. The van der Waals surface area contributed by atoms with Crippen LogP contribution in [0.4, 0.5) is 0 Å². The van der Waals surface area contributed by atoms with Crippen LogP contribution in [0.15, 0.2) is 4.52 Å². The second-order valence-electron chi connectivity index (χ2n) is 9.25. The summed E-state index contributed by atoms with van der Waals surface area (Å²) in [6.45, 7) is 7.41. The maximum atomic E-state index is 12.5. The fraction of sp³-hybridized carbons (Fsp3) is 0.857. The number of amides is 1. The van der Waals surface area contributed by atoms with Crippen LogP contribution in [-0.4, -0.2) is 47.3 Å². The van der Waals surface area contributed by atoms with Gasteiger partial charge in [-0.1, -0.05) is 31.8 Å². The third-order valence-electron chi connectivity index (χ3n) is 6.52. The number of rotatable bonds is 6. The van der Waals surface area contributed by atoms with E-state index in [9.17, 15) is 4.79 Å². The third-order valence-corrected chi connectivity index (χ3v) is 6.52. The molecule has 27 heavy (non-hydrogen) atoms. The minimum absolute atomic E-state index is 0.0112. The van der Waals surface area contributed by atoms with Gasteiger partial charge in [0, 0.05) is 44.1 Å². The summed E-state index contributed by atoms with van der Waals surface area (Å²) < 4.78 is 11.2. The van der Waals surface area contributed by atoms with Crippen molar-refractivity contribution in [2.45, 2.75) is 76.5 Å². The van der Waals surface area contributed by atoms with E-state index in [-0.39, 0.29) is 5.41 Å². The molecule has 6 nitrogen and oxygen atoms in total. The van der Waals surface area contributed by atoms with E-state index in [1.54, 1.807) is 0 Å². The summed E-state index contributed by atoms with van der Waals surface area (Å²) in [7, 11) is 0. The fourth-order valence-corrected chi connectivity index (χ4v) is 4.62. The number of likely N-dealkylation sites (tertiary alicyclic amines) is 1. The van der Waals surface area contributed by atoms with E-state index in [4.69, 9.17) is 14.2 Å². The molecule has 0 atom stereocenters. The number of carbonyl (C=O) groups excluding carboxylic acids is 1. The second-order valence-corrected chi connectivity index (χ2v) is 9.25. The molecule has 3 fully saturated rings. The number of hydrogen-bond donors (Lipinski definition) is 0. The van der Waals surface area contributed by atoms with Crippen molar-refractivity contribution in [3.05, 3.63) is 11.7 Å². The van der Waals surface area contributed by atoms with Gasteiger partial charge in [0.05, 0.1) is 0 Å². The second kappa shape index (κ2) is 7.90. The normalized spacial score (nSPS) is 23.7. The zero-order valence-electron chi connectivity index (χ0n) is 16.8. The van der Waals surface area contributed by atoms with Gasteiger partial charge < -0.3 is 14.2 Å². The van der Waals surface area contributed by atoms with Crippen LogP contribution < -0.4 is 0 Å². The summed E-state index contributed by atoms with van der Waals surface area (Å²) in [4.78, 5) is 19.4. The minimum atomic E-state index is -0.0112. The first kappa shape index (κ1) is 18.9. The van der Waals surface area contributed by atoms with Gasteiger partial charge in [0.15, 0.2) is 5.82 Å². The summed E-state index contributed by atoms with van der Waals surface area (Å²) in [6, 6.07) is 0. The first-order chi connectivity index (χ1) is 13.1. The van der Waals surface area contributed by atoms with Crippen molar-refractivity contribution in [2.24, 2.45) is 11.8 Å². The van der Waals surface area contributed by atoms with Crippen LogP contribution in [-0.2, 0) is 14.9 Å². The molecule has 0 N–H and O–H groups in total. The van der Waals surface area contributed by atoms with E-state index in [1.807, 2.05) is 4.90 Å². The van der Waals surface area contributed by atoms with Crippen LogP contribution in [0.25, 0.3) is 0 Å². The highest BCUT2D eigenvalue weighted by atomic mass is 16.5. The molecule has 150 valence electrons. The summed E-state index contributed by atoms with van der Waals surface area (Å²) >= 11 is 0. The Labute approximate surface area is 162 Å². The Morgan fingerprint density at radius 3 is 2.52 bits per heavy atom. The zero-order chi connectivity index (χ0) is 18.9. The Morgan fingerprint density at radius 2 is 1.89 bits per heavy atom. The van der Waals surface area contributed by atoms with Crippen molar-refractivity contribution in [3.63, 3.8) is 0 Å². The molecule has 1 amide bonds. The highest BCUT2D eigenvalue weighted by Crippen LogP contribution is 2.47. The molecule has 2 saturated heterocycles. The topological polar surface area (TPSA) is 68.5 Å². The lowest BCUT2D eigenvalue weighted by Crippen LogP contribution is -2.46.